The molecule has 0 bridgehead atoms. The smallest absolute Gasteiger partial charge is 0.251 e. The molecule has 0 aliphatic carbocycles. The van der Waals surface area contributed by atoms with Crippen molar-refractivity contribution in [3.05, 3.63) is 28.2 Å². The van der Waals surface area contributed by atoms with E-state index in [-0.39, 0.29) is 23.6 Å². The molecule has 0 saturated heterocycles. The molecule has 19 heavy (non-hydrogen) atoms. The molecule has 0 spiro atoms. The Kier molecular flexibility index (Phi) is 6.31. The highest BCUT2D eigenvalue weighted by Crippen LogP contribution is 2.24. The average Bonchev–Trinajstić information content (AvgIpc) is 2.37. The maximum absolute atomic E-state index is 12.1. The first-order chi connectivity index (χ1) is 8.95. The van der Waals surface area contributed by atoms with Crippen molar-refractivity contribution >= 4 is 21.8 Å². The highest BCUT2D eigenvalue weighted by atomic mass is 79.9. The lowest BCUT2D eigenvalue weighted by atomic mass is 10.0. The van der Waals surface area contributed by atoms with Crippen LogP contribution in [0.15, 0.2) is 22.7 Å². The molecule has 1 aromatic rings. The molecule has 1 rings (SSSR count). The number of hydrogen-bond donors (Lipinski definition) is 2. The van der Waals surface area contributed by atoms with Crippen LogP contribution in [0.5, 0.6) is 5.75 Å². The normalized spacial score (nSPS) is 12.5. The van der Waals surface area contributed by atoms with E-state index < -0.39 is 0 Å². The Morgan fingerprint density at radius 2 is 2.16 bits per heavy atom. The summed E-state index contributed by atoms with van der Waals surface area (Å²) in [5.74, 6) is 0.124. The van der Waals surface area contributed by atoms with Gasteiger partial charge in [-0.2, -0.15) is 0 Å². The van der Waals surface area contributed by atoms with Crippen molar-refractivity contribution in [1.29, 1.82) is 0 Å². The number of ether oxygens (including phenoxy) is 1. The van der Waals surface area contributed by atoms with Crippen molar-refractivity contribution in [2.24, 2.45) is 5.92 Å². The van der Waals surface area contributed by atoms with Gasteiger partial charge in [0.25, 0.3) is 5.91 Å². The lowest BCUT2D eigenvalue weighted by Crippen LogP contribution is -2.41. The van der Waals surface area contributed by atoms with Crippen molar-refractivity contribution in [2.75, 3.05) is 13.2 Å². The number of nitrogens with one attached hydrogen (secondary N) is 1. The van der Waals surface area contributed by atoms with Crippen molar-refractivity contribution in [1.82, 2.24) is 5.32 Å². The second kappa shape index (κ2) is 7.50. The highest BCUT2D eigenvalue weighted by Gasteiger charge is 2.17. The number of halogens is 1. The molecule has 2 N–H and O–H groups in total. The first-order valence-electron chi connectivity index (χ1n) is 6.32. The van der Waals surface area contributed by atoms with Crippen LogP contribution in [0.3, 0.4) is 0 Å². The van der Waals surface area contributed by atoms with Crippen LogP contribution in [0.2, 0.25) is 0 Å². The first-order valence-corrected chi connectivity index (χ1v) is 7.12. The number of rotatable bonds is 6. The quantitative estimate of drug-likeness (QED) is 0.843. The van der Waals surface area contributed by atoms with E-state index in [9.17, 15) is 9.90 Å². The second-order valence-corrected chi connectivity index (χ2v) is 5.50. The summed E-state index contributed by atoms with van der Waals surface area (Å²) in [6, 6.07) is 4.71. The van der Waals surface area contributed by atoms with Gasteiger partial charge >= 0.3 is 0 Å². The minimum atomic E-state index is -0.207. The van der Waals surface area contributed by atoms with Gasteiger partial charge in [-0.1, -0.05) is 13.8 Å². The van der Waals surface area contributed by atoms with Crippen LogP contribution in [0.1, 0.15) is 31.1 Å². The van der Waals surface area contributed by atoms with Gasteiger partial charge in [0.15, 0.2) is 0 Å². The maximum Gasteiger partial charge on any atom is 0.251 e. The number of phenolic OH excluding ortho intramolecular Hbond substituents is 1. The summed E-state index contributed by atoms with van der Waals surface area (Å²) >= 11 is 3.19. The van der Waals surface area contributed by atoms with Crippen LogP contribution in [0, 0.1) is 5.92 Å². The fraction of sp³-hybridized carbons (Fsp3) is 0.500. The van der Waals surface area contributed by atoms with Crippen LogP contribution in [-0.4, -0.2) is 30.3 Å². The zero-order valence-corrected chi connectivity index (χ0v) is 13.0. The predicted octanol–water partition coefficient (Wildman–Crippen LogP) is 2.95. The molecule has 0 aliphatic heterocycles. The van der Waals surface area contributed by atoms with Crippen LogP contribution >= 0.6 is 15.9 Å². The fourth-order valence-electron chi connectivity index (χ4n) is 1.55. The number of phenols is 1. The molecular formula is C14H20BrNO3. The number of carbonyl (C=O) groups excluding carboxylic acids is 1. The average molecular weight is 330 g/mol. The molecule has 106 valence electrons. The number of hydrogen-bond acceptors (Lipinski definition) is 3. The molecule has 1 atom stereocenters. The Morgan fingerprint density at radius 3 is 2.68 bits per heavy atom. The summed E-state index contributed by atoms with van der Waals surface area (Å²) in [7, 11) is 0. The van der Waals surface area contributed by atoms with Crippen LogP contribution in [0.4, 0.5) is 0 Å². The van der Waals surface area contributed by atoms with E-state index in [1.54, 1.807) is 12.1 Å². The molecule has 5 heteroatoms. The molecule has 4 nitrogen and oxygen atoms in total. The molecule has 0 fully saturated rings. The number of amides is 1. The summed E-state index contributed by atoms with van der Waals surface area (Å²) in [5, 5.41) is 12.5. The second-order valence-electron chi connectivity index (χ2n) is 4.65. The van der Waals surface area contributed by atoms with Crippen molar-refractivity contribution in [3.8, 4) is 5.75 Å². The predicted molar refractivity (Wildman–Crippen MR) is 78.4 cm³/mol. The number of benzene rings is 1. The largest absolute Gasteiger partial charge is 0.507 e. The van der Waals surface area contributed by atoms with Gasteiger partial charge in [0.2, 0.25) is 0 Å². The molecule has 0 aromatic heterocycles. The van der Waals surface area contributed by atoms with E-state index in [1.165, 1.54) is 6.07 Å². The topological polar surface area (TPSA) is 58.6 Å². The van der Waals surface area contributed by atoms with E-state index in [1.807, 2.05) is 20.8 Å². The van der Waals surface area contributed by atoms with Gasteiger partial charge in [0, 0.05) is 12.2 Å². The molecule has 1 aromatic carbocycles. The third kappa shape index (κ3) is 4.84. The van der Waals surface area contributed by atoms with E-state index in [4.69, 9.17) is 4.74 Å². The third-order valence-corrected chi connectivity index (χ3v) is 3.50. The maximum atomic E-state index is 12.1. The molecular weight excluding hydrogens is 310 g/mol. The first kappa shape index (κ1) is 16.0. The number of aromatic hydroxyl groups is 1. The summed E-state index contributed by atoms with van der Waals surface area (Å²) in [4.78, 5) is 12.1. The van der Waals surface area contributed by atoms with Crippen LogP contribution in [0.25, 0.3) is 0 Å². The van der Waals surface area contributed by atoms with E-state index >= 15 is 0 Å². The standard InChI is InChI=1S/C14H20BrNO3/c1-4-19-8-12(9(2)3)16-14(18)10-5-6-11(15)13(17)7-10/h5-7,9,12,17H,4,8H2,1-3H3,(H,16,18). The summed E-state index contributed by atoms with van der Waals surface area (Å²) in [6.07, 6.45) is 0. The van der Waals surface area contributed by atoms with Gasteiger partial charge < -0.3 is 15.2 Å². The molecule has 0 radical (unpaired) electrons. The SMILES string of the molecule is CCOCC(NC(=O)c1ccc(Br)c(O)c1)C(C)C. The number of carbonyl (C=O) groups is 1. The molecule has 0 aliphatic rings. The zero-order chi connectivity index (χ0) is 14.4. The van der Waals surface area contributed by atoms with Crippen molar-refractivity contribution in [2.45, 2.75) is 26.8 Å². The Hall–Kier alpha value is -1.07. The molecule has 0 saturated carbocycles. The van der Waals surface area contributed by atoms with Gasteiger partial charge in [-0.25, -0.2) is 0 Å². The third-order valence-electron chi connectivity index (χ3n) is 2.83. The lowest BCUT2D eigenvalue weighted by Gasteiger charge is -2.22. The van der Waals surface area contributed by atoms with Crippen LogP contribution < -0.4 is 5.32 Å². The van der Waals surface area contributed by atoms with Gasteiger partial charge in [0.05, 0.1) is 17.1 Å². The minimum absolute atomic E-state index is 0.0433. The molecule has 1 amide bonds. The van der Waals surface area contributed by atoms with Gasteiger partial charge in [-0.15, -0.1) is 0 Å². The Bertz CT molecular complexity index is 435. The Balaban J connectivity index is 2.73. The van der Waals surface area contributed by atoms with E-state index in [0.717, 1.165) is 0 Å². The summed E-state index contributed by atoms with van der Waals surface area (Å²) in [6.45, 7) is 7.10. The van der Waals surface area contributed by atoms with Gasteiger partial charge in [0.1, 0.15) is 5.75 Å². The van der Waals surface area contributed by atoms with Gasteiger partial charge in [-0.3, -0.25) is 4.79 Å². The van der Waals surface area contributed by atoms with Crippen LogP contribution in [-0.2, 0) is 4.74 Å². The molecule has 1 unspecified atom stereocenters. The van der Waals surface area contributed by atoms with Crippen molar-refractivity contribution < 1.29 is 14.6 Å². The molecule has 0 heterocycles. The fourth-order valence-corrected chi connectivity index (χ4v) is 1.80. The van der Waals surface area contributed by atoms with E-state index in [0.29, 0.717) is 23.2 Å². The van der Waals surface area contributed by atoms with Crippen molar-refractivity contribution in [3.63, 3.8) is 0 Å². The Morgan fingerprint density at radius 1 is 1.47 bits per heavy atom. The minimum Gasteiger partial charge on any atom is -0.507 e. The highest BCUT2D eigenvalue weighted by molar-refractivity contribution is 9.10. The monoisotopic (exact) mass is 329 g/mol. The zero-order valence-electron chi connectivity index (χ0n) is 11.4. The summed E-state index contributed by atoms with van der Waals surface area (Å²) < 4.78 is 5.93. The Labute approximate surface area is 122 Å². The lowest BCUT2D eigenvalue weighted by molar-refractivity contribution is 0.0806. The van der Waals surface area contributed by atoms with Gasteiger partial charge in [-0.05, 0) is 47.0 Å². The summed E-state index contributed by atoms with van der Waals surface area (Å²) in [5.41, 5.74) is 0.433. The van der Waals surface area contributed by atoms with E-state index in [2.05, 4.69) is 21.2 Å².